The molecule has 1 unspecified atom stereocenters. The van der Waals surface area contributed by atoms with E-state index in [4.69, 9.17) is 5.73 Å². The number of rotatable bonds is 7. The molecule has 3 N–H and O–H groups in total. The van der Waals surface area contributed by atoms with Gasteiger partial charge in [0, 0.05) is 12.8 Å². The summed E-state index contributed by atoms with van der Waals surface area (Å²) in [4.78, 5) is 11.9. The minimum atomic E-state index is 0.219. The summed E-state index contributed by atoms with van der Waals surface area (Å²) in [6.07, 6.45) is 1.97. The van der Waals surface area contributed by atoms with Crippen molar-refractivity contribution < 1.29 is 9.90 Å². The van der Waals surface area contributed by atoms with Gasteiger partial charge in [-0.1, -0.05) is 26.0 Å². The Morgan fingerprint density at radius 2 is 1.89 bits per heavy atom. The number of hydrogen-bond acceptors (Lipinski definition) is 3. The van der Waals surface area contributed by atoms with Crippen LogP contribution in [0.4, 0.5) is 0 Å². The highest BCUT2D eigenvalue weighted by Gasteiger charge is 2.14. The van der Waals surface area contributed by atoms with E-state index in [0.717, 1.165) is 12.0 Å². The average Bonchev–Trinajstić information content (AvgIpc) is 2.30. The first-order valence-corrected chi connectivity index (χ1v) is 6.51. The third-order valence-electron chi connectivity index (χ3n) is 2.99. The summed E-state index contributed by atoms with van der Waals surface area (Å²) in [7, 11) is 0. The first-order chi connectivity index (χ1) is 8.51. The summed E-state index contributed by atoms with van der Waals surface area (Å²) in [6.45, 7) is 4.86. The lowest BCUT2D eigenvalue weighted by atomic mass is 9.91. The normalized spacial score (nSPS) is 12.7. The molecular weight excluding hydrogens is 226 g/mol. The molecule has 0 aromatic heterocycles. The first-order valence-electron chi connectivity index (χ1n) is 6.51. The Balaban J connectivity index is 2.47. The van der Waals surface area contributed by atoms with Gasteiger partial charge in [0.25, 0.3) is 0 Å². The predicted octanol–water partition coefficient (Wildman–Crippen LogP) is 2.51. The topological polar surface area (TPSA) is 63.3 Å². The van der Waals surface area contributed by atoms with Crippen molar-refractivity contribution >= 4 is 5.78 Å². The number of nitrogens with two attached hydrogens (primary N) is 1. The summed E-state index contributed by atoms with van der Waals surface area (Å²) >= 11 is 0. The molecule has 0 heterocycles. The fourth-order valence-electron chi connectivity index (χ4n) is 2.17. The van der Waals surface area contributed by atoms with Gasteiger partial charge in [-0.3, -0.25) is 4.79 Å². The van der Waals surface area contributed by atoms with Gasteiger partial charge in [0.2, 0.25) is 0 Å². The molecule has 1 atom stereocenters. The van der Waals surface area contributed by atoms with Gasteiger partial charge in [0.15, 0.2) is 0 Å². The lowest BCUT2D eigenvalue weighted by molar-refractivity contribution is -0.119. The number of carbonyl (C=O) groups excluding carboxylic acids is 1. The average molecular weight is 249 g/mol. The quantitative estimate of drug-likeness (QED) is 0.780. The molecule has 0 amide bonds. The van der Waals surface area contributed by atoms with Gasteiger partial charge in [0.05, 0.1) is 0 Å². The largest absolute Gasteiger partial charge is 0.508 e. The maximum Gasteiger partial charge on any atom is 0.137 e. The van der Waals surface area contributed by atoms with Crippen LogP contribution in [0.3, 0.4) is 0 Å². The Labute approximate surface area is 109 Å². The van der Waals surface area contributed by atoms with E-state index < -0.39 is 0 Å². The Hall–Kier alpha value is -1.35. The van der Waals surface area contributed by atoms with Crippen molar-refractivity contribution in [2.24, 2.45) is 17.6 Å². The van der Waals surface area contributed by atoms with E-state index in [9.17, 15) is 9.90 Å². The number of ketones is 1. The molecule has 18 heavy (non-hydrogen) atoms. The van der Waals surface area contributed by atoms with E-state index in [0.29, 0.717) is 25.3 Å². The van der Waals surface area contributed by atoms with Crippen LogP contribution in [-0.4, -0.2) is 17.4 Å². The monoisotopic (exact) mass is 249 g/mol. The molecule has 1 aromatic rings. The Kier molecular flexibility index (Phi) is 5.86. The summed E-state index contributed by atoms with van der Waals surface area (Å²) < 4.78 is 0. The van der Waals surface area contributed by atoms with Crippen LogP contribution < -0.4 is 5.73 Å². The van der Waals surface area contributed by atoms with Crippen LogP contribution in [0.1, 0.15) is 32.3 Å². The van der Waals surface area contributed by atoms with Gasteiger partial charge in [-0.2, -0.15) is 0 Å². The smallest absolute Gasteiger partial charge is 0.137 e. The summed E-state index contributed by atoms with van der Waals surface area (Å²) in [5.41, 5.74) is 6.64. The number of carbonyl (C=O) groups is 1. The molecule has 3 nitrogen and oxygen atoms in total. The molecule has 0 aliphatic rings. The van der Waals surface area contributed by atoms with E-state index in [2.05, 4.69) is 13.8 Å². The van der Waals surface area contributed by atoms with Crippen LogP contribution in [0, 0.1) is 11.8 Å². The third kappa shape index (κ3) is 5.32. The van der Waals surface area contributed by atoms with Crippen LogP contribution >= 0.6 is 0 Å². The highest BCUT2D eigenvalue weighted by atomic mass is 16.3. The Bertz CT molecular complexity index is 371. The third-order valence-corrected chi connectivity index (χ3v) is 2.99. The first kappa shape index (κ1) is 14.7. The van der Waals surface area contributed by atoms with Crippen molar-refractivity contribution in [2.45, 2.75) is 33.1 Å². The molecule has 3 heteroatoms. The molecule has 0 spiro atoms. The number of hydrogen-bond donors (Lipinski definition) is 2. The summed E-state index contributed by atoms with van der Waals surface area (Å²) in [5, 5.41) is 9.17. The van der Waals surface area contributed by atoms with Crippen molar-refractivity contribution in [1.82, 2.24) is 0 Å². The lowest BCUT2D eigenvalue weighted by Crippen LogP contribution is -2.20. The number of aromatic hydroxyl groups is 1. The molecular formula is C15H23NO2. The van der Waals surface area contributed by atoms with Gasteiger partial charge < -0.3 is 10.8 Å². The molecule has 0 radical (unpaired) electrons. The molecule has 0 aliphatic heterocycles. The lowest BCUT2D eigenvalue weighted by Gasteiger charge is -2.16. The van der Waals surface area contributed by atoms with Gasteiger partial charge in [0.1, 0.15) is 11.5 Å². The zero-order valence-corrected chi connectivity index (χ0v) is 11.2. The highest BCUT2D eigenvalue weighted by molar-refractivity contribution is 5.81. The van der Waals surface area contributed by atoms with Crippen molar-refractivity contribution in [3.8, 4) is 5.75 Å². The van der Waals surface area contributed by atoms with E-state index in [1.807, 2.05) is 0 Å². The van der Waals surface area contributed by atoms with Crippen molar-refractivity contribution in [3.63, 3.8) is 0 Å². The SMILES string of the molecule is CC(C)CC(CN)CC(=O)Cc1ccc(O)cc1. The second kappa shape index (κ2) is 7.17. The van der Waals surface area contributed by atoms with E-state index in [-0.39, 0.29) is 17.5 Å². The molecule has 1 aromatic carbocycles. The zero-order valence-electron chi connectivity index (χ0n) is 11.2. The maximum absolute atomic E-state index is 11.9. The van der Waals surface area contributed by atoms with Crippen LogP contribution in [-0.2, 0) is 11.2 Å². The minimum absolute atomic E-state index is 0.219. The number of phenols is 1. The fraction of sp³-hybridized carbons (Fsp3) is 0.533. The van der Waals surface area contributed by atoms with Crippen LogP contribution in [0.2, 0.25) is 0 Å². The van der Waals surface area contributed by atoms with Gasteiger partial charge in [-0.15, -0.1) is 0 Å². The number of benzene rings is 1. The van der Waals surface area contributed by atoms with Crippen LogP contribution in [0.5, 0.6) is 5.75 Å². The van der Waals surface area contributed by atoms with E-state index >= 15 is 0 Å². The minimum Gasteiger partial charge on any atom is -0.508 e. The summed E-state index contributed by atoms with van der Waals surface area (Å²) in [5.74, 6) is 1.30. The standard InChI is InChI=1S/C15H23NO2/c1-11(2)7-13(10-16)9-15(18)8-12-3-5-14(17)6-4-12/h3-6,11,13,17H,7-10,16H2,1-2H3. The molecule has 100 valence electrons. The van der Waals surface area contributed by atoms with Crippen molar-refractivity contribution in [2.75, 3.05) is 6.54 Å². The Morgan fingerprint density at radius 3 is 2.39 bits per heavy atom. The van der Waals surface area contributed by atoms with Gasteiger partial charge >= 0.3 is 0 Å². The molecule has 0 fully saturated rings. The molecule has 0 aliphatic carbocycles. The maximum atomic E-state index is 11.9. The van der Waals surface area contributed by atoms with Crippen molar-refractivity contribution in [1.29, 1.82) is 0 Å². The number of Topliss-reactive ketones (excluding diaryl/α,β-unsaturated/α-hetero) is 1. The number of phenolic OH excluding ortho intramolecular Hbond substituents is 1. The van der Waals surface area contributed by atoms with E-state index in [1.165, 1.54) is 0 Å². The van der Waals surface area contributed by atoms with Crippen LogP contribution in [0.25, 0.3) is 0 Å². The summed E-state index contributed by atoms with van der Waals surface area (Å²) in [6, 6.07) is 6.79. The second-order valence-electron chi connectivity index (χ2n) is 5.32. The molecule has 0 bridgehead atoms. The molecule has 0 saturated heterocycles. The van der Waals surface area contributed by atoms with Crippen LogP contribution in [0.15, 0.2) is 24.3 Å². The second-order valence-corrected chi connectivity index (χ2v) is 5.32. The van der Waals surface area contributed by atoms with Crippen molar-refractivity contribution in [3.05, 3.63) is 29.8 Å². The van der Waals surface area contributed by atoms with Gasteiger partial charge in [-0.25, -0.2) is 0 Å². The highest BCUT2D eigenvalue weighted by Crippen LogP contribution is 2.16. The molecule has 0 saturated carbocycles. The van der Waals surface area contributed by atoms with Gasteiger partial charge in [-0.05, 0) is 42.5 Å². The Morgan fingerprint density at radius 1 is 1.28 bits per heavy atom. The zero-order chi connectivity index (χ0) is 13.5. The predicted molar refractivity (Wildman–Crippen MR) is 73.4 cm³/mol. The molecule has 1 rings (SSSR count). The fourth-order valence-corrected chi connectivity index (χ4v) is 2.17. The van der Waals surface area contributed by atoms with E-state index in [1.54, 1.807) is 24.3 Å².